The van der Waals surface area contributed by atoms with Crippen molar-refractivity contribution >= 4 is 11.6 Å². The van der Waals surface area contributed by atoms with Crippen molar-refractivity contribution in [2.24, 2.45) is 0 Å². The second-order valence-corrected chi connectivity index (χ2v) is 6.08. The molecule has 0 spiro atoms. The van der Waals surface area contributed by atoms with Crippen LogP contribution in [0.5, 0.6) is 0 Å². The van der Waals surface area contributed by atoms with Crippen molar-refractivity contribution in [1.29, 1.82) is 0 Å². The van der Waals surface area contributed by atoms with Gasteiger partial charge < -0.3 is 10.1 Å². The first-order valence-corrected chi connectivity index (χ1v) is 7.69. The number of carbonyl (C=O) groups excluding carboxylic acids is 1. The maximum atomic E-state index is 12.2. The van der Waals surface area contributed by atoms with Crippen LogP contribution in [0.2, 0.25) is 0 Å². The van der Waals surface area contributed by atoms with E-state index in [1.807, 2.05) is 32.0 Å². The van der Waals surface area contributed by atoms with Gasteiger partial charge in [-0.15, -0.1) is 0 Å². The number of amides is 1. The first-order valence-electron chi connectivity index (χ1n) is 7.69. The van der Waals surface area contributed by atoms with Gasteiger partial charge in [-0.1, -0.05) is 18.2 Å². The third-order valence-corrected chi connectivity index (χ3v) is 3.90. The lowest BCUT2D eigenvalue weighted by atomic mass is 10.1. The van der Waals surface area contributed by atoms with Gasteiger partial charge in [-0.05, 0) is 38.8 Å². The van der Waals surface area contributed by atoms with Gasteiger partial charge >= 0.3 is 0 Å². The van der Waals surface area contributed by atoms with E-state index in [1.165, 1.54) is 0 Å². The molecule has 1 N–H and O–H groups in total. The molecule has 0 aromatic heterocycles. The Morgan fingerprint density at radius 2 is 1.81 bits per heavy atom. The summed E-state index contributed by atoms with van der Waals surface area (Å²) in [6.07, 6.45) is 1.01. The number of carbonyl (C=O) groups is 1. The number of anilines is 1. The lowest BCUT2D eigenvalue weighted by Crippen LogP contribution is -2.46. The van der Waals surface area contributed by atoms with Crippen molar-refractivity contribution in [3.8, 4) is 0 Å². The predicted octanol–water partition coefficient (Wildman–Crippen LogP) is 2.74. The topological polar surface area (TPSA) is 41.6 Å². The van der Waals surface area contributed by atoms with Gasteiger partial charge in [0, 0.05) is 31.7 Å². The van der Waals surface area contributed by atoms with Gasteiger partial charge in [-0.2, -0.15) is 0 Å². The van der Waals surface area contributed by atoms with Crippen molar-refractivity contribution in [3.63, 3.8) is 0 Å². The van der Waals surface area contributed by atoms with Gasteiger partial charge in [0.15, 0.2) is 0 Å². The fraction of sp³-hybridized carbons (Fsp3) is 0.588. The van der Waals surface area contributed by atoms with Crippen molar-refractivity contribution in [1.82, 2.24) is 4.90 Å². The molecule has 4 heteroatoms. The number of ether oxygens (including phenoxy) is 1. The monoisotopic (exact) mass is 290 g/mol. The zero-order valence-electron chi connectivity index (χ0n) is 13.5. The van der Waals surface area contributed by atoms with Crippen LogP contribution in [0.4, 0.5) is 5.69 Å². The Bertz CT molecular complexity index is 471. The highest BCUT2D eigenvalue weighted by Crippen LogP contribution is 2.19. The lowest BCUT2D eigenvalue weighted by Gasteiger charge is -2.35. The first kappa shape index (κ1) is 16.0. The smallest absolute Gasteiger partial charge is 0.225 e. The average Bonchev–Trinajstić information content (AvgIpc) is 2.40. The number of hydrogen-bond acceptors (Lipinski definition) is 3. The summed E-state index contributed by atoms with van der Waals surface area (Å²) in [7, 11) is 0. The molecule has 2 atom stereocenters. The number of benzene rings is 1. The molecular formula is C17H26N2O2. The van der Waals surface area contributed by atoms with Crippen LogP contribution in [0.15, 0.2) is 18.2 Å². The van der Waals surface area contributed by atoms with Crippen LogP contribution in [-0.2, 0) is 9.53 Å². The van der Waals surface area contributed by atoms with Crippen LogP contribution in [0.1, 0.15) is 31.4 Å². The van der Waals surface area contributed by atoms with Gasteiger partial charge in [-0.3, -0.25) is 9.69 Å². The van der Waals surface area contributed by atoms with Crippen LogP contribution in [0.25, 0.3) is 0 Å². The zero-order valence-corrected chi connectivity index (χ0v) is 13.5. The van der Waals surface area contributed by atoms with Crippen LogP contribution in [-0.4, -0.2) is 42.6 Å². The maximum absolute atomic E-state index is 12.2. The normalized spacial score (nSPS) is 23.0. The molecule has 1 aliphatic rings. The highest BCUT2D eigenvalue weighted by atomic mass is 16.5. The summed E-state index contributed by atoms with van der Waals surface area (Å²) in [6, 6.07) is 6.05. The standard InChI is InChI=1S/C17H26N2O2/c1-12-6-5-7-13(2)17(12)18-16(20)8-9-19-10-14(3)21-15(4)11-19/h5-7,14-15H,8-11H2,1-4H3,(H,18,20). The number of aryl methyl sites for hydroxylation is 2. The molecule has 0 saturated carbocycles. The molecule has 21 heavy (non-hydrogen) atoms. The highest BCUT2D eigenvalue weighted by molar-refractivity contribution is 5.92. The quantitative estimate of drug-likeness (QED) is 0.927. The van der Waals surface area contributed by atoms with Gasteiger partial charge in [0.2, 0.25) is 5.91 Å². The fourth-order valence-corrected chi connectivity index (χ4v) is 2.94. The minimum atomic E-state index is 0.0826. The summed E-state index contributed by atoms with van der Waals surface area (Å²) in [6.45, 7) is 10.8. The minimum Gasteiger partial charge on any atom is -0.373 e. The Morgan fingerprint density at radius 3 is 2.38 bits per heavy atom. The summed E-state index contributed by atoms with van der Waals surface area (Å²) in [5, 5.41) is 3.04. The van der Waals surface area contributed by atoms with Crippen LogP contribution < -0.4 is 5.32 Å². The Balaban J connectivity index is 1.85. The van der Waals surface area contributed by atoms with E-state index in [1.54, 1.807) is 0 Å². The minimum absolute atomic E-state index is 0.0826. The second-order valence-electron chi connectivity index (χ2n) is 6.08. The van der Waals surface area contributed by atoms with E-state index >= 15 is 0 Å². The van der Waals surface area contributed by atoms with E-state index in [9.17, 15) is 4.79 Å². The van der Waals surface area contributed by atoms with E-state index in [2.05, 4.69) is 24.1 Å². The molecule has 1 amide bonds. The molecule has 2 unspecified atom stereocenters. The van der Waals surface area contributed by atoms with Gasteiger partial charge in [0.05, 0.1) is 12.2 Å². The summed E-state index contributed by atoms with van der Waals surface area (Å²) in [5.74, 6) is 0.0826. The Morgan fingerprint density at radius 1 is 1.24 bits per heavy atom. The Labute approximate surface area is 127 Å². The number of nitrogens with one attached hydrogen (secondary N) is 1. The number of hydrogen-bond donors (Lipinski definition) is 1. The summed E-state index contributed by atoms with van der Waals surface area (Å²) in [5.41, 5.74) is 3.17. The van der Waals surface area contributed by atoms with Crippen LogP contribution >= 0.6 is 0 Å². The molecule has 1 heterocycles. The van der Waals surface area contributed by atoms with E-state index in [0.29, 0.717) is 6.42 Å². The molecule has 1 fully saturated rings. The third-order valence-electron chi connectivity index (χ3n) is 3.90. The molecule has 1 aliphatic heterocycles. The van der Waals surface area contributed by atoms with Gasteiger partial charge in [0.1, 0.15) is 0 Å². The van der Waals surface area contributed by atoms with Crippen molar-refractivity contribution in [3.05, 3.63) is 29.3 Å². The summed E-state index contributed by atoms with van der Waals surface area (Å²) < 4.78 is 5.71. The lowest BCUT2D eigenvalue weighted by molar-refractivity contribution is -0.117. The van der Waals surface area contributed by atoms with Crippen LogP contribution in [0, 0.1) is 13.8 Å². The van der Waals surface area contributed by atoms with Gasteiger partial charge in [-0.25, -0.2) is 0 Å². The van der Waals surface area contributed by atoms with E-state index in [4.69, 9.17) is 4.74 Å². The largest absolute Gasteiger partial charge is 0.373 e. The highest BCUT2D eigenvalue weighted by Gasteiger charge is 2.22. The predicted molar refractivity (Wildman–Crippen MR) is 85.6 cm³/mol. The molecule has 4 nitrogen and oxygen atoms in total. The second kappa shape index (κ2) is 7.05. The van der Waals surface area contributed by atoms with E-state index < -0.39 is 0 Å². The maximum Gasteiger partial charge on any atom is 0.225 e. The van der Waals surface area contributed by atoms with Gasteiger partial charge in [0.25, 0.3) is 0 Å². The van der Waals surface area contributed by atoms with Crippen molar-refractivity contribution < 1.29 is 9.53 Å². The molecule has 1 saturated heterocycles. The molecule has 2 rings (SSSR count). The number of morpholine rings is 1. The molecule has 1 aromatic carbocycles. The summed E-state index contributed by atoms with van der Waals surface area (Å²) >= 11 is 0. The van der Waals surface area contributed by atoms with E-state index in [0.717, 1.165) is 36.4 Å². The third kappa shape index (κ3) is 4.55. The molecule has 1 aromatic rings. The molecule has 0 bridgehead atoms. The number of rotatable bonds is 4. The SMILES string of the molecule is Cc1cccc(C)c1NC(=O)CCN1CC(C)OC(C)C1. The fourth-order valence-electron chi connectivity index (χ4n) is 2.94. The number of para-hydroxylation sites is 1. The number of nitrogens with zero attached hydrogens (tertiary/aromatic N) is 1. The summed E-state index contributed by atoms with van der Waals surface area (Å²) in [4.78, 5) is 14.5. The Kier molecular flexibility index (Phi) is 5.37. The molecule has 116 valence electrons. The first-order chi connectivity index (χ1) is 9.95. The molecule has 0 radical (unpaired) electrons. The van der Waals surface area contributed by atoms with Crippen molar-refractivity contribution in [2.45, 2.75) is 46.3 Å². The average molecular weight is 290 g/mol. The van der Waals surface area contributed by atoms with E-state index in [-0.39, 0.29) is 18.1 Å². The Hall–Kier alpha value is -1.39. The molecular weight excluding hydrogens is 264 g/mol. The van der Waals surface area contributed by atoms with Crippen LogP contribution in [0.3, 0.4) is 0 Å². The van der Waals surface area contributed by atoms with Crippen molar-refractivity contribution in [2.75, 3.05) is 25.0 Å². The molecule has 0 aliphatic carbocycles. The zero-order chi connectivity index (χ0) is 15.4.